The molecule has 0 fully saturated rings. The number of carbonyl (C=O) groups is 2. The van der Waals surface area contributed by atoms with Crippen LogP contribution in [0.2, 0.25) is 0 Å². The van der Waals surface area contributed by atoms with Gasteiger partial charge < -0.3 is 25.2 Å². The fraction of sp³-hybridized carbons (Fsp3) is 0.250. The van der Waals surface area contributed by atoms with Gasteiger partial charge in [-0.05, 0) is 24.0 Å². The van der Waals surface area contributed by atoms with E-state index in [0.29, 0.717) is 11.5 Å². The van der Waals surface area contributed by atoms with Gasteiger partial charge in [0, 0.05) is 13.2 Å². The molecule has 0 saturated carbocycles. The number of nitrogens with one attached hydrogen (secondary N) is 2. The highest BCUT2D eigenvalue weighted by molar-refractivity contribution is 6.02. The van der Waals surface area contributed by atoms with Gasteiger partial charge in [0.1, 0.15) is 12.3 Å². The zero-order valence-corrected chi connectivity index (χ0v) is 15.1. The van der Waals surface area contributed by atoms with Crippen LogP contribution in [-0.2, 0) is 24.9 Å². The molecule has 0 bridgehead atoms. The Morgan fingerprint density at radius 1 is 1.36 bits per heavy atom. The number of nitro groups is 1. The molecule has 3 rings (SSSR count). The van der Waals surface area contributed by atoms with Crippen LogP contribution in [0.3, 0.4) is 0 Å². The predicted molar refractivity (Wildman–Crippen MR) is 95.3 cm³/mol. The van der Waals surface area contributed by atoms with Crippen LogP contribution in [0.1, 0.15) is 21.9 Å². The molecule has 0 saturated heterocycles. The Kier molecular flexibility index (Phi) is 5.20. The van der Waals surface area contributed by atoms with Gasteiger partial charge in [0.15, 0.2) is 5.69 Å². The summed E-state index contributed by atoms with van der Waals surface area (Å²) < 4.78 is 7.75. The van der Waals surface area contributed by atoms with E-state index in [1.807, 2.05) is 0 Å². The van der Waals surface area contributed by atoms with Crippen LogP contribution in [0, 0.1) is 17.0 Å². The molecule has 3 aromatic rings. The summed E-state index contributed by atoms with van der Waals surface area (Å²) in [5.41, 5.74) is 0.707. The molecule has 3 aromatic heterocycles. The predicted octanol–water partition coefficient (Wildman–Crippen LogP) is 0.995. The molecule has 3 heterocycles. The van der Waals surface area contributed by atoms with Crippen molar-refractivity contribution >= 4 is 23.3 Å². The molecule has 0 unspecified atom stereocenters. The first kappa shape index (κ1) is 18.8. The highest BCUT2D eigenvalue weighted by atomic mass is 16.6. The van der Waals surface area contributed by atoms with Crippen molar-refractivity contribution in [3.05, 3.63) is 57.9 Å². The maximum atomic E-state index is 12.4. The number of furan rings is 1. The van der Waals surface area contributed by atoms with Crippen molar-refractivity contribution in [3.63, 3.8) is 0 Å². The third kappa shape index (κ3) is 4.23. The SMILES string of the molecule is Cc1cc([N+](=O)[O-])nn1CC(=O)Nc1cn(C)nc1C(=O)NCc1ccco1. The molecule has 2 N–H and O–H groups in total. The van der Waals surface area contributed by atoms with Gasteiger partial charge in [-0.2, -0.15) is 9.78 Å². The van der Waals surface area contributed by atoms with Gasteiger partial charge in [-0.15, -0.1) is 0 Å². The fourth-order valence-electron chi connectivity index (χ4n) is 2.48. The van der Waals surface area contributed by atoms with Gasteiger partial charge in [0.25, 0.3) is 5.91 Å². The fourth-order valence-corrected chi connectivity index (χ4v) is 2.48. The lowest BCUT2D eigenvalue weighted by Gasteiger charge is -2.05. The molecule has 0 aliphatic carbocycles. The number of aryl methyl sites for hydroxylation is 2. The van der Waals surface area contributed by atoms with E-state index in [2.05, 4.69) is 20.8 Å². The van der Waals surface area contributed by atoms with Crippen molar-refractivity contribution in [1.82, 2.24) is 24.9 Å². The van der Waals surface area contributed by atoms with Crippen LogP contribution in [0.15, 0.2) is 35.1 Å². The smallest absolute Gasteiger partial charge is 0.390 e. The van der Waals surface area contributed by atoms with Crippen LogP contribution >= 0.6 is 0 Å². The molecular weight excluding hydrogens is 370 g/mol. The van der Waals surface area contributed by atoms with Crippen LogP contribution < -0.4 is 10.6 Å². The van der Waals surface area contributed by atoms with Gasteiger partial charge in [-0.1, -0.05) is 0 Å². The Hall–Kier alpha value is -3.96. The van der Waals surface area contributed by atoms with Crippen molar-refractivity contribution in [1.29, 1.82) is 0 Å². The number of hydrogen-bond acceptors (Lipinski definition) is 7. The minimum atomic E-state index is -0.635. The van der Waals surface area contributed by atoms with E-state index in [0.717, 1.165) is 0 Å². The van der Waals surface area contributed by atoms with Crippen LogP contribution in [0.5, 0.6) is 0 Å². The summed E-state index contributed by atoms with van der Waals surface area (Å²) in [7, 11) is 1.61. The van der Waals surface area contributed by atoms with Crippen molar-refractivity contribution in [2.24, 2.45) is 7.05 Å². The molecule has 12 nitrogen and oxygen atoms in total. The average Bonchev–Trinajstić information content (AvgIpc) is 3.34. The first-order valence-corrected chi connectivity index (χ1v) is 8.16. The van der Waals surface area contributed by atoms with Crippen molar-refractivity contribution < 1.29 is 18.9 Å². The molecule has 146 valence electrons. The van der Waals surface area contributed by atoms with Gasteiger partial charge >= 0.3 is 5.82 Å². The second kappa shape index (κ2) is 7.73. The highest BCUT2D eigenvalue weighted by Crippen LogP contribution is 2.15. The lowest BCUT2D eigenvalue weighted by atomic mass is 10.3. The monoisotopic (exact) mass is 387 g/mol. The number of hydrogen-bond donors (Lipinski definition) is 2. The van der Waals surface area contributed by atoms with E-state index in [9.17, 15) is 19.7 Å². The first-order chi connectivity index (χ1) is 13.3. The van der Waals surface area contributed by atoms with Crippen LogP contribution in [0.25, 0.3) is 0 Å². The minimum absolute atomic E-state index is 0.0329. The van der Waals surface area contributed by atoms with Crippen molar-refractivity contribution in [2.45, 2.75) is 20.0 Å². The van der Waals surface area contributed by atoms with E-state index in [4.69, 9.17) is 4.42 Å². The van der Waals surface area contributed by atoms with Crippen molar-refractivity contribution in [2.75, 3.05) is 5.32 Å². The molecule has 0 aromatic carbocycles. The van der Waals surface area contributed by atoms with E-state index < -0.39 is 16.7 Å². The Labute approximate surface area is 158 Å². The van der Waals surface area contributed by atoms with Gasteiger partial charge in [0.05, 0.1) is 35.4 Å². The number of amides is 2. The summed E-state index contributed by atoms with van der Waals surface area (Å²) in [6.07, 6.45) is 2.98. The number of nitrogens with zero attached hydrogens (tertiary/aromatic N) is 5. The van der Waals surface area contributed by atoms with E-state index >= 15 is 0 Å². The summed E-state index contributed by atoms with van der Waals surface area (Å²) in [5, 5.41) is 23.8. The largest absolute Gasteiger partial charge is 0.467 e. The quantitative estimate of drug-likeness (QED) is 0.453. The standard InChI is InChI=1S/C16H17N7O5/c1-10-6-13(23(26)27)19-22(10)9-14(24)18-12-8-21(2)20-15(12)16(25)17-7-11-4-3-5-28-11/h3-6,8H,7,9H2,1-2H3,(H,17,25)(H,18,24). The third-order valence-corrected chi connectivity index (χ3v) is 3.77. The van der Waals surface area contributed by atoms with Crippen molar-refractivity contribution in [3.8, 4) is 0 Å². The molecule has 0 radical (unpaired) electrons. The maximum absolute atomic E-state index is 12.4. The number of carbonyl (C=O) groups excluding carboxylic acids is 2. The molecule has 0 aliphatic heterocycles. The van der Waals surface area contributed by atoms with Gasteiger partial charge in [0.2, 0.25) is 5.91 Å². The van der Waals surface area contributed by atoms with E-state index in [-0.39, 0.29) is 30.3 Å². The number of aromatic nitrogens is 4. The summed E-state index contributed by atoms with van der Waals surface area (Å²) in [4.78, 5) is 34.8. The second-order valence-electron chi connectivity index (χ2n) is 5.93. The Morgan fingerprint density at radius 3 is 2.79 bits per heavy atom. The van der Waals surface area contributed by atoms with Gasteiger partial charge in [-0.3, -0.25) is 14.3 Å². The molecule has 12 heteroatoms. The summed E-state index contributed by atoms with van der Waals surface area (Å²) >= 11 is 0. The lowest BCUT2D eigenvalue weighted by Crippen LogP contribution is -2.26. The molecular formula is C16H17N7O5. The van der Waals surface area contributed by atoms with Crippen LogP contribution in [-0.4, -0.2) is 36.3 Å². The number of rotatable bonds is 7. The lowest BCUT2D eigenvalue weighted by molar-refractivity contribution is -0.389. The Bertz CT molecular complexity index is 1020. The third-order valence-electron chi connectivity index (χ3n) is 3.77. The summed E-state index contributed by atoms with van der Waals surface area (Å²) in [6, 6.07) is 4.69. The van der Waals surface area contributed by atoms with E-state index in [1.54, 1.807) is 26.1 Å². The molecule has 28 heavy (non-hydrogen) atoms. The zero-order chi connectivity index (χ0) is 20.3. The first-order valence-electron chi connectivity index (χ1n) is 8.16. The average molecular weight is 387 g/mol. The second-order valence-corrected chi connectivity index (χ2v) is 5.93. The summed E-state index contributed by atoms with van der Waals surface area (Å²) in [6.45, 7) is 1.53. The topological polar surface area (TPSA) is 150 Å². The molecule has 0 atom stereocenters. The molecule has 0 aliphatic rings. The maximum Gasteiger partial charge on any atom is 0.390 e. The highest BCUT2D eigenvalue weighted by Gasteiger charge is 2.21. The summed E-state index contributed by atoms with van der Waals surface area (Å²) in [5.74, 6) is -0.761. The van der Waals surface area contributed by atoms with E-state index in [1.165, 1.54) is 27.9 Å². The Balaban J connectivity index is 1.67. The Morgan fingerprint density at radius 2 is 2.14 bits per heavy atom. The zero-order valence-electron chi connectivity index (χ0n) is 15.1. The van der Waals surface area contributed by atoms with Crippen LogP contribution in [0.4, 0.5) is 11.5 Å². The minimum Gasteiger partial charge on any atom is -0.467 e. The normalized spacial score (nSPS) is 10.6. The van der Waals surface area contributed by atoms with Gasteiger partial charge in [-0.25, -0.2) is 0 Å². The number of anilines is 1. The molecule has 2 amide bonds. The molecule has 0 spiro atoms.